The van der Waals surface area contributed by atoms with Crippen molar-refractivity contribution in [2.75, 3.05) is 31.8 Å². The van der Waals surface area contributed by atoms with E-state index in [0.29, 0.717) is 29.4 Å². The summed E-state index contributed by atoms with van der Waals surface area (Å²) < 4.78 is 32.6. The average molecular weight is 427 g/mol. The number of methoxy groups -OCH3 is 1. The summed E-state index contributed by atoms with van der Waals surface area (Å²) in [6.07, 6.45) is 0.977. The Morgan fingerprint density at radius 3 is 2.61 bits per heavy atom. The van der Waals surface area contributed by atoms with Gasteiger partial charge in [-0.15, -0.1) is 0 Å². The molecule has 2 aromatic carbocycles. The summed E-state index contributed by atoms with van der Waals surface area (Å²) in [5.74, 6) is 0.192. The molecule has 0 aromatic heterocycles. The van der Waals surface area contributed by atoms with Crippen molar-refractivity contribution in [2.24, 2.45) is 0 Å². The SMILES string of the molecule is COCCN(Cc1cccc(OS(C)(=O)=O)c1)C(=O)Nc1ccc(C)c(Cl)c1. The van der Waals surface area contributed by atoms with Crippen LogP contribution in [-0.2, 0) is 21.4 Å². The number of rotatable bonds is 8. The number of aryl methyl sites for hydroxylation is 1. The molecule has 2 aromatic rings. The lowest BCUT2D eigenvalue weighted by Crippen LogP contribution is -2.36. The van der Waals surface area contributed by atoms with Crippen molar-refractivity contribution < 1.29 is 22.1 Å². The van der Waals surface area contributed by atoms with Crippen molar-refractivity contribution in [2.45, 2.75) is 13.5 Å². The highest BCUT2D eigenvalue weighted by atomic mass is 35.5. The van der Waals surface area contributed by atoms with Crippen molar-refractivity contribution >= 4 is 33.4 Å². The molecule has 1 N–H and O–H groups in total. The van der Waals surface area contributed by atoms with E-state index in [-0.39, 0.29) is 18.3 Å². The van der Waals surface area contributed by atoms with E-state index in [0.717, 1.165) is 11.8 Å². The molecule has 9 heteroatoms. The van der Waals surface area contributed by atoms with Crippen LogP contribution in [0.2, 0.25) is 5.02 Å². The van der Waals surface area contributed by atoms with E-state index in [1.165, 1.54) is 0 Å². The highest BCUT2D eigenvalue weighted by Gasteiger charge is 2.15. The normalized spacial score (nSPS) is 11.1. The molecule has 0 aliphatic carbocycles. The van der Waals surface area contributed by atoms with Crippen LogP contribution in [0, 0.1) is 6.92 Å². The van der Waals surface area contributed by atoms with Crippen molar-refractivity contribution in [3.05, 3.63) is 58.6 Å². The maximum Gasteiger partial charge on any atom is 0.322 e. The summed E-state index contributed by atoms with van der Waals surface area (Å²) >= 11 is 6.11. The Balaban J connectivity index is 2.15. The van der Waals surface area contributed by atoms with Gasteiger partial charge >= 0.3 is 16.1 Å². The number of carbonyl (C=O) groups excluding carboxylic acids is 1. The van der Waals surface area contributed by atoms with Crippen LogP contribution in [-0.4, -0.2) is 45.9 Å². The van der Waals surface area contributed by atoms with Gasteiger partial charge in [0.2, 0.25) is 0 Å². The van der Waals surface area contributed by atoms with E-state index in [1.54, 1.807) is 48.4 Å². The molecule has 0 atom stereocenters. The summed E-state index contributed by atoms with van der Waals surface area (Å²) in [7, 11) is -2.07. The number of ether oxygens (including phenoxy) is 1. The molecule has 0 spiro atoms. The number of hydrogen-bond donors (Lipinski definition) is 1. The Bertz CT molecular complexity index is 934. The van der Waals surface area contributed by atoms with Crippen molar-refractivity contribution in [1.82, 2.24) is 4.90 Å². The highest BCUT2D eigenvalue weighted by Crippen LogP contribution is 2.21. The van der Waals surface area contributed by atoms with E-state index in [2.05, 4.69) is 5.32 Å². The van der Waals surface area contributed by atoms with Crippen molar-refractivity contribution in [3.63, 3.8) is 0 Å². The van der Waals surface area contributed by atoms with E-state index >= 15 is 0 Å². The zero-order valence-electron chi connectivity index (χ0n) is 15.9. The number of hydrogen-bond acceptors (Lipinski definition) is 5. The largest absolute Gasteiger partial charge is 0.383 e. The van der Waals surface area contributed by atoms with Gasteiger partial charge in [0, 0.05) is 30.9 Å². The Kier molecular flexibility index (Phi) is 7.68. The monoisotopic (exact) mass is 426 g/mol. The smallest absolute Gasteiger partial charge is 0.322 e. The predicted molar refractivity (Wildman–Crippen MR) is 109 cm³/mol. The van der Waals surface area contributed by atoms with E-state index in [9.17, 15) is 13.2 Å². The lowest BCUT2D eigenvalue weighted by Gasteiger charge is -2.23. The first-order chi connectivity index (χ1) is 13.2. The molecule has 0 saturated heterocycles. The number of anilines is 1. The fourth-order valence-electron chi connectivity index (χ4n) is 2.42. The summed E-state index contributed by atoms with van der Waals surface area (Å²) in [6.45, 7) is 2.82. The van der Waals surface area contributed by atoms with Gasteiger partial charge < -0.3 is 19.1 Å². The zero-order valence-corrected chi connectivity index (χ0v) is 17.5. The first kappa shape index (κ1) is 22.0. The van der Waals surface area contributed by atoms with E-state index < -0.39 is 10.1 Å². The van der Waals surface area contributed by atoms with Crippen LogP contribution in [0.4, 0.5) is 10.5 Å². The fraction of sp³-hybridized carbons (Fsp3) is 0.316. The third-order valence-corrected chi connectivity index (χ3v) is 4.70. The summed E-state index contributed by atoms with van der Waals surface area (Å²) in [4.78, 5) is 14.3. The Morgan fingerprint density at radius 1 is 1.21 bits per heavy atom. The summed E-state index contributed by atoms with van der Waals surface area (Å²) in [5, 5.41) is 3.37. The Hall–Kier alpha value is -2.29. The predicted octanol–water partition coefficient (Wildman–Crippen LogP) is 3.67. The second-order valence-corrected chi connectivity index (χ2v) is 8.23. The van der Waals surface area contributed by atoms with Gasteiger partial charge in [-0.1, -0.05) is 29.8 Å². The third kappa shape index (κ3) is 7.03. The minimum absolute atomic E-state index is 0.192. The number of nitrogens with one attached hydrogen (secondary N) is 1. The molecule has 152 valence electrons. The fourth-order valence-corrected chi connectivity index (χ4v) is 3.05. The first-order valence-corrected chi connectivity index (χ1v) is 10.7. The Labute approximate surface area is 170 Å². The number of nitrogens with zero attached hydrogens (tertiary/aromatic N) is 1. The van der Waals surface area contributed by atoms with Gasteiger partial charge in [-0.2, -0.15) is 8.42 Å². The lowest BCUT2D eigenvalue weighted by molar-refractivity contribution is 0.153. The van der Waals surface area contributed by atoms with Crippen LogP contribution < -0.4 is 9.50 Å². The van der Waals surface area contributed by atoms with Gasteiger partial charge in [-0.3, -0.25) is 0 Å². The molecule has 0 fully saturated rings. The van der Waals surface area contributed by atoms with Crippen molar-refractivity contribution in [3.8, 4) is 5.75 Å². The minimum Gasteiger partial charge on any atom is -0.383 e. The molecule has 2 amide bonds. The van der Waals surface area contributed by atoms with Gasteiger partial charge in [-0.25, -0.2) is 4.79 Å². The summed E-state index contributed by atoms with van der Waals surface area (Å²) in [5.41, 5.74) is 2.21. The molecule has 0 bridgehead atoms. The molecule has 0 heterocycles. The summed E-state index contributed by atoms with van der Waals surface area (Å²) in [6, 6.07) is 11.5. The molecule has 0 aliphatic heterocycles. The molecule has 0 saturated carbocycles. The van der Waals surface area contributed by atoms with Crippen molar-refractivity contribution in [1.29, 1.82) is 0 Å². The van der Waals surface area contributed by atoms with Crippen LogP contribution in [0.1, 0.15) is 11.1 Å². The van der Waals surface area contributed by atoms with Crippen LogP contribution in [0.15, 0.2) is 42.5 Å². The van der Waals surface area contributed by atoms with Crippen LogP contribution in [0.25, 0.3) is 0 Å². The molecule has 28 heavy (non-hydrogen) atoms. The van der Waals surface area contributed by atoms with E-state index in [4.69, 9.17) is 20.5 Å². The first-order valence-electron chi connectivity index (χ1n) is 8.47. The van der Waals surface area contributed by atoms with Gasteiger partial charge in [0.1, 0.15) is 5.75 Å². The molecular weight excluding hydrogens is 404 g/mol. The van der Waals surface area contributed by atoms with Crippen LogP contribution >= 0.6 is 11.6 Å². The minimum atomic E-state index is -3.63. The number of urea groups is 1. The number of halogens is 1. The third-order valence-electron chi connectivity index (χ3n) is 3.80. The average Bonchev–Trinajstić information content (AvgIpc) is 2.60. The van der Waals surface area contributed by atoms with Gasteiger partial charge in [0.15, 0.2) is 0 Å². The molecule has 7 nitrogen and oxygen atoms in total. The molecule has 0 radical (unpaired) electrons. The lowest BCUT2D eigenvalue weighted by atomic mass is 10.2. The maximum atomic E-state index is 12.7. The number of benzene rings is 2. The molecule has 2 rings (SSSR count). The standard InChI is InChI=1S/C19H23ClN2O5S/c1-14-7-8-16(12-18(14)20)21-19(23)22(9-10-26-2)13-15-5-4-6-17(11-15)27-28(3,24)25/h4-8,11-12H,9-10,13H2,1-3H3,(H,21,23). The topological polar surface area (TPSA) is 84.9 Å². The quantitative estimate of drug-likeness (QED) is 0.651. The van der Waals surface area contributed by atoms with E-state index in [1.807, 2.05) is 13.0 Å². The molecular formula is C19H23ClN2O5S. The van der Waals surface area contributed by atoms with Gasteiger partial charge in [-0.05, 0) is 42.3 Å². The maximum absolute atomic E-state index is 12.7. The molecule has 0 aliphatic rings. The van der Waals surface area contributed by atoms with Gasteiger partial charge in [0.05, 0.1) is 12.9 Å². The number of amides is 2. The second-order valence-electron chi connectivity index (χ2n) is 6.24. The molecule has 0 unspecified atom stereocenters. The van der Waals surface area contributed by atoms with Crippen LogP contribution in [0.5, 0.6) is 5.75 Å². The Morgan fingerprint density at radius 2 is 1.96 bits per heavy atom. The van der Waals surface area contributed by atoms with Crippen LogP contribution in [0.3, 0.4) is 0 Å². The van der Waals surface area contributed by atoms with Gasteiger partial charge in [0.25, 0.3) is 0 Å². The second kappa shape index (κ2) is 9.77. The highest BCUT2D eigenvalue weighted by molar-refractivity contribution is 7.86. The zero-order chi connectivity index (χ0) is 20.7. The number of carbonyl (C=O) groups is 1.